The van der Waals surface area contributed by atoms with Crippen molar-refractivity contribution in [2.45, 2.75) is 58.3 Å². The van der Waals surface area contributed by atoms with Crippen molar-refractivity contribution in [3.8, 4) is 44.7 Å². The molecule has 20 heteroatoms. The minimum Gasteiger partial charge on any atom is -0.490 e. The summed E-state index contributed by atoms with van der Waals surface area (Å²) in [5.74, 6) is 0.303. The van der Waals surface area contributed by atoms with Gasteiger partial charge in [-0.1, -0.05) is 49.2 Å². The van der Waals surface area contributed by atoms with E-state index in [1.807, 2.05) is 27.7 Å². The second kappa shape index (κ2) is 23.5. The number of carbonyl (C=O) groups is 1. The van der Waals surface area contributed by atoms with Gasteiger partial charge >= 0.3 is 5.97 Å². The minimum atomic E-state index is -1.48. The number of aromatic nitrogens is 4. The van der Waals surface area contributed by atoms with Crippen LogP contribution in [-0.4, -0.2) is 146 Å². The summed E-state index contributed by atoms with van der Waals surface area (Å²) in [5.41, 5.74) is 3.79. The summed E-state index contributed by atoms with van der Waals surface area (Å²) < 4.78 is 63.3. The fourth-order valence-corrected chi connectivity index (χ4v) is 10.7. The average molecular weight is 1060 g/mol. The predicted octanol–water partition coefficient (Wildman–Crippen LogP) is 8.85. The highest BCUT2D eigenvalue weighted by Gasteiger charge is 2.33. The molecule has 10 rings (SSSR count). The molecule has 2 fully saturated rings. The number of halogens is 3. The molecule has 4 aliphatic rings. The van der Waals surface area contributed by atoms with E-state index in [9.17, 15) is 14.3 Å². The molecule has 388 valence electrons. The lowest BCUT2D eigenvalue weighted by molar-refractivity contribution is -0.145. The number of piperazine rings is 1. The molecule has 0 aliphatic carbocycles. The molecule has 0 saturated carbocycles. The summed E-state index contributed by atoms with van der Waals surface area (Å²) in [6.45, 7) is 15.1. The van der Waals surface area contributed by atoms with Gasteiger partial charge in [-0.3, -0.25) is 4.90 Å². The number of likely N-dealkylation sites (N-methyl/N-ethyl adjacent to an activating group) is 1. The van der Waals surface area contributed by atoms with Gasteiger partial charge in [-0.05, 0) is 79.5 Å². The van der Waals surface area contributed by atoms with Crippen LogP contribution in [0.3, 0.4) is 0 Å². The molecular formula is C53H59Cl2FN6O10S. The molecule has 7 heterocycles. The monoisotopic (exact) mass is 1060 g/mol. The van der Waals surface area contributed by atoms with Crippen molar-refractivity contribution in [2.24, 2.45) is 5.92 Å². The number of fused-ring (bicyclic) bond motifs is 7. The largest absolute Gasteiger partial charge is 0.490 e. The molecular weight excluding hydrogens is 1000 g/mol. The Labute approximate surface area is 437 Å². The Morgan fingerprint density at radius 2 is 1.66 bits per heavy atom. The van der Waals surface area contributed by atoms with Crippen LogP contribution in [0.25, 0.3) is 31.8 Å². The summed E-state index contributed by atoms with van der Waals surface area (Å²) in [6, 6.07) is 13.2. The quantitative estimate of drug-likeness (QED) is 0.0967. The molecule has 16 nitrogen and oxygen atoms in total. The zero-order valence-corrected chi connectivity index (χ0v) is 43.8. The maximum absolute atomic E-state index is 14.4. The van der Waals surface area contributed by atoms with Crippen LogP contribution < -0.4 is 18.9 Å². The fourth-order valence-electron chi connectivity index (χ4n) is 9.06. The van der Waals surface area contributed by atoms with Crippen molar-refractivity contribution >= 4 is 50.7 Å². The zero-order chi connectivity index (χ0) is 51.2. The van der Waals surface area contributed by atoms with Crippen LogP contribution in [0.2, 0.25) is 10.0 Å². The van der Waals surface area contributed by atoms with Gasteiger partial charge in [0.05, 0.1) is 60.8 Å². The summed E-state index contributed by atoms with van der Waals surface area (Å²) in [4.78, 5) is 37.9. The maximum atomic E-state index is 14.4. The number of rotatable bonds is 15. The van der Waals surface area contributed by atoms with Crippen LogP contribution in [0.5, 0.6) is 23.1 Å². The smallest absolute Gasteiger partial charge is 0.345 e. The van der Waals surface area contributed by atoms with Gasteiger partial charge in [0.2, 0.25) is 12.0 Å². The Morgan fingerprint density at radius 3 is 2.40 bits per heavy atom. The number of ether oxygens (including phenoxy) is 8. The van der Waals surface area contributed by atoms with Crippen molar-refractivity contribution < 1.29 is 52.2 Å². The highest BCUT2D eigenvalue weighted by atomic mass is 35.5. The van der Waals surface area contributed by atoms with E-state index in [1.54, 1.807) is 42.6 Å². The lowest BCUT2D eigenvalue weighted by Crippen LogP contribution is -2.49. The van der Waals surface area contributed by atoms with E-state index in [0.717, 1.165) is 26.2 Å². The first-order chi connectivity index (χ1) is 35.2. The lowest BCUT2D eigenvalue weighted by atomic mass is 9.92. The first-order valence-electron chi connectivity index (χ1n) is 24.2. The number of nitrogens with zero attached hydrogens (tertiary/aromatic N) is 6. The summed E-state index contributed by atoms with van der Waals surface area (Å²) >= 11 is 16.0. The van der Waals surface area contributed by atoms with Crippen molar-refractivity contribution in [2.75, 3.05) is 92.8 Å². The Morgan fingerprint density at radius 1 is 0.918 bits per heavy atom. The second-order valence-electron chi connectivity index (χ2n) is 19.2. The molecule has 2 atom stereocenters. The van der Waals surface area contributed by atoms with E-state index in [4.69, 9.17) is 66.1 Å². The molecule has 0 spiro atoms. The first kappa shape index (κ1) is 52.6. The molecule has 73 heavy (non-hydrogen) atoms. The lowest BCUT2D eigenvalue weighted by Gasteiger charge is -2.35. The Kier molecular flexibility index (Phi) is 16.9. The highest BCUT2D eigenvalue weighted by Crippen LogP contribution is 2.53. The SMILES string of the molecule is Cc1c(Cl)c2c(Cl)c(C)c1-c1c(-c3ccc(F)cc3)sc3ncnc(c13)O[C@@H](C(=O)O)Cc1cc(ccc1OCc1ccnc(C(C)(C)COCCOCC3COCOC3)n1)OC[C@@H](CN1CCN(C)CC1)O2. The topological polar surface area (TPSA) is 169 Å². The molecule has 1 N–H and O–H groups in total. The van der Waals surface area contributed by atoms with E-state index >= 15 is 0 Å². The molecule has 3 aromatic heterocycles. The van der Waals surface area contributed by atoms with Gasteiger partial charge in [0, 0.05) is 72.7 Å². The molecule has 0 radical (unpaired) electrons. The summed E-state index contributed by atoms with van der Waals surface area (Å²) in [5, 5.41) is 12.0. The van der Waals surface area contributed by atoms with Crippen molar-refractivity contribution in [1.29, 1.82) is 0 Å². The number of benzene rings is 3. The number of hydrogen-bond donors (Lipinski definition) is 1. The summed E-state index contributed by atoms with van der Waals surface area (Å²) in [7, 11) is 2.10. The normalized spacial score (nSPS) is 18.2. The van der Waals surface area contributed by atoms with E-state index in [0.29, 0.717) is 140 Å². The molecule has 6 aromatic rings. The maximum Gasteiger partial charge on any atom is 0.345 e. The van der Waals surface area contributed by atoms with Gasteiger partial charge in [0.25, 0.3) is 0 Å². The van der Waals surface area contributed by atoms with E-state index in [2.05, 4.69) is 31.8 Å². The van der Waals surface area contributed by atoms with Gasteiger partial charge in [-0.2, -0.15) is 0 Å². The van der Waals surface area contributed by atoms with Crippen LogP contribution in [0, 0.1) is 25.6 Å². The zero-order valence-electron chi connectivity index (χ0n) is 41.5. The van der Waals surface area contributed by atoms with Crippen LogP contribution in [0.4, 0.5) is 4.39 Å². The molecule has 3 aromatic carbocycles. The number of hydrogen-bond acceptors (Lipinski definition) is 16. The van der Waals surface area contributed by atoms with E-state index < -0.39 is 29.4 Å². The van der Waals surface area contributed by atoms with E-state index in [1.165, 1.54) is 29.8 Å². The third kappa shape index (κ3) is 12.5. The molecule has 4 aliphatic heterocycles. The van der Waals surface area contributed by atoms with Gasteiger partial charge in [0.1, 0.15) is 60.4 Å². The Hall–Kier alpha value is -5.28. The van der Waals surface area contributed by atoms with Crippen molar-refractivity contribution in [3.63, 3.8) is 0 Å². The molecule has 2 saturated heterocycles. The Bertz CT molecular complexity index is 2870. The third-order valence-corrected chi connectivity index (χ3v) is 15.2. The standard InChI is InChI=1S/C53H59Cl2FN6O10S/c1-31-42-32(2)46(55)47(45(31)54)71-39(22-62-16-14-61(5)15-17-62)27-69-38-10-11-40(70-26-37-12-13-57-52(60-37)53(3,4)28-66-19-18-65-23-33-24-67-30-68-25-33)35(20-38)21-41(51(63)64)72-49-44-43(42)48(73-50(44)59-29-58-49)34-6-8-36(56)9-7-34/h6-13,20,29,33,39,41H,14-19,21-28,30H2,1-5H3,(H,63,64)/t39-,41-/m1/s1. The van der Waals surface area contributed by atoms with Crippen LogP contribution in [0.15, 0.2) is 61.1 Å². The second-order valence-corrected chi connectivity index (χ2v) is 21.0. The number of carboxylic acids is 1. The molecule has 4 bridgehead atoms. The highest BCUT2D eigenvalue weighted by molar-refractivity contribution is 7.22. The Balaban J connectivity index is 1.04. The first-order valence-corrected chi connectivity index (χ1v) is 25.8. The van der Waals surface area contributed by atoms with Crippen LogP contribution >= 0.6 is 34.5 Å². The van der Waals surface area contributed by atoms with Gasteiger partial charge in [-0.15, -0.1) is 11.3 Å². The van der Waals surface area contributed by atoms with Gasteiger partial charge in [0.15, 0.2) is 5.75 Å². The predicted molar refractivity (Wildman–Crippen MR) is 275 cm³/mol. The third-order valence-electron chi connectivity index (χ3n) is 13.1. The minimum absolute atomic E-state index is 0.0205. The number of thiophene rings is 1. The number of aliphatic carboxylic acids is 1. The van der Waals surface area contributed by atoms with E-state index in [-0.39, 0.29) is 31.4 Å². The summed E-state index contributed by atoms with van der Waals surface area (Å²) in [6.07, 6.45) is 0.831. The molecule has 0 unspecified atom stereocenters. The molecule has 0 amide bonds. The van der Waals surface area contributed by atoms with Crippen LogP contribution in [-0.2, 0) is 42.2 Å². The van der Waals surface area contributed by atoms with Crippen molar-refractivity contribution in [3.05, 3.63) is 105 Å². The average Bonchev–Trinajstić information content (AvgIpc) is 3.77. The van der Waals surface area contributed by atoms with Gasteiger partial charge in [-0.25, -0.2) is 29.1 Å². The van der Waals surface area contributed by atoms with Crippen LogP contribution in [0.1, 0.15) is 42.1 Å². The fraction of sp³-hybridized carbons (Fsp3) is 0.453. The number of carboxylic acid groups (broad SMARTS) is 1. The van der Waals surface area contributed by atoms with Gasteiger partial charge < -0.3 is 47.9 Å². The van der Waals surface area contributed by atoms with Crippen molar-refractivity contribution in [1.82, 2.24) is 29.7 Å².